The van der Waals surface area contributed by atoms with Crippen molar-refractivity contribution in [3.63, 3.8) is 0 Å². The minimum atomic E-state index is 0.499. The maximum atomic E-state index is 8.97. The average molecular weight is 306 g/mol. The average Bonchev–Trinajstić information content (AvgIpc) is 3.05. The summed E-state index contributed by atoms with van der Waals surface area (Å²) in [5.41, 5.74) is 3.09. The van der Waals surface area contributed by atoms with E-state index < -0.39 is 0 Å². The topological polar surface area (TPSA) is 73.6 Å². The molecule has 22 heavy (non-hydrogen) atoms. The van der Waals surface area contributed by atoms with E-state index in [1.54, 1.807) is 48.5 Å². The summed E-state index contributed by atoms with van der Waals surface area (Å²) in [5, 5.41) is 22.3. The fourth-order valence-electron chi connectivity index (χ4n) is 2.04. The Morgan fingerprint density at radius 2 is 1.59 bits per heavy atom. The van der Waals surface area contributed by atoms with Gasteiger partial charge in [0.15, 0.2) is 5.76 Å². The SMILES string of the molecule is N#Cc1ccc(-c2cc(-c3cc(C#N)ccc3Cl)no2)cc1. The maximum Gasteiger partial charge on any atom is 0.167 e. The Morgan fingerprint density at radius 3 is 2.27 bits per heavy atom. The van der Waals surface area contributed by atoms with Gasteiger partial charge in [-0.2, -0.15) is 10.5 Å². The van der Waals surface area contributed by atoms with Crippen molar-refractivity contribution in [3.8, 4) is 34.7 Å². The van der Waals surface area contributed by atoms with Gasteiger partial charge in [-0.15, -0.1) is 0 Å². The molecule has 0 aliphatic rings. The summed E-state index contributed by atoms with van der Waals surface area (Å²) < 4.78 is 5.33. The second-order valence-corrected chi connectivity index (χ2v) is 4.98. The number of halogens is 1. The smallest absolute Gasteiger partial charge is 0.167 e. The molecule has 3 aromatic rings. The molecule has 0 fully saturated rings. The highest BCUT2D eigenvalue weighted by Crippen LogP contribution is 2.31. The van der Waals surface area contributed by atoms with E-state index in [-0.39, 0.29) is 0 Å². The van der Waals surface area contributed by atoms with Crippen LogP contribution in [-0.2, 0) is 0 Å². The Labute approximate surface area is 131 Å². The molecule has 0 aliphatic carbocycles. The lowest BCUT2D eigenvalue weighted by Crippen LogP contribution is -1.82. The number of nitriles is 2. The second kappa shape index (κ2) is 5.73. The van der Waals surface area contributed by atoms with Crippen LogP contribution in [0.5, 0.6) is 0 Å². The molecular formula is C17H8ClN3O. The van der Waals surface area contributed by atoms with Crippen molar-refractivity contribution < 1.29 is 4.52 Å². The Bertz CT molecular complexity index is 914. The van der Waals surface area contributed by atoms with Gasteiger partial charge in [0.25, 0.3) is 0 Å². The molecule has 0 amide bonds. The van der Waals surface area contributed by atoms with Gasteiger partial charge in [-0.25, -0.2) is 0 Å². The Morgan fingerprint density at radius 1 is 0.909 bits per heavy atom. The molecule has 0 N–H and O–H groups in total. The first-order chi connectivity index (χ1) is 10.7. The number of aromatic nitrogens is 1. The summed E-state index contributed by atoms with van der Waals surface area (Å²) in [5.74, 6) is 0.568. The van der Waals surface area contributed by atoms with Crippen molar-refractivity contribution in [3.05, 3.63) is 64.7 Å². The highest BCUT2D eigenvalue weighted by molar-refractivity contribution is 6.33. The minimum Gasteiger partial charge on any atom is -0.356 e. The van der Waals surface area contributed by atoms with Crippen LogP contribution in [0.3, 0.4) is 0 Å². The molecule has 2 aromatic carbocycles. The second-order valence-electron chi connectivity index (χ2n) is 4.57. The molecule has 104 valence electrons. The van der Waals surface area contributed by atoms with Gasteiger partial charge in [-0.3, -0.25) is 0 Å². The number of hydrogen-bond acceptors (Lipinski definition) is 4. The number of benzene rings is 2. The van der Waals surface area contributed by atoms with E-state index in [1.165, 1.54) is 0 Å². The Kier molecular flexibility index (Phi) is 3.62. The van der Waals surface area contributed by atoms with Gasteiger partial charge in [0.1, 0.15) is 5.69 Å². The molecule has 1 heterocycles. The zero-order chi connectivity index (χ0) is 15.5. The molecule has 0 spiro atoms. The molecule has 0 aliphatic heterocycles. The van der Waals surface area contributed by atoms with E-state index in [9.17, 15) is 0 Å². The van der Waals surface area contributed by atoms with Gasteiger partial charge in [0, 0.05) is 17.2 Å². The minimum absolute atomic E-state index is 0.499. The Hall–Kier alpha value is -3.08. The molecule has 0 radical (unpaired) electrons. The van der Waals surface area contributed by atoms with E-state index in [4.69, 9.17) is 26.6 Å². The normalized spacial score (nSPS) is 9.95. The van der Waals surface area contributed by atoms with Gasteiger partial charge in [-0.05, 0) is 42.5 Å². The first-order valence-corrected chi connectivity index (χ1v) is 6.76. The zero-order valence-corrected chi connectivity index (χ0v) is 12.0. The van der Waals surface area contributed by atoms with Crippen molar-refractivity contribution in [1.82, 2.24) is 5.16 Å². The van der Waals surface area contributed by atoms with Gasteiger partial charge >= 0.3 is 0 Å². The summed E-state index contributed by atoms with van der Waals surface area (Å²) in [6.45, 7) is 0. The number of rotatable bonds is 2. The van der Waals surface area contributed by atoms with Crippen LogP contribution in [-0.4, -0.2) is 5.16 Å². The van der Waals surface area contributed by atoms with Crippen molar-refractivity contribution in [2.45, 2.75) is 0 Å². The van der Waals surface area contributed by atoms with E-state index in [2.05, 4.69) is 17.3 Å². The van der Waals surface area contributed by atoms with Crippen LogP contribution in [0, 0.1) is 22.7 Å². The number of nitrogens with zero attached hydrogens (tertiary/aromatic N) is 3. The lowest BCUT2D eigenvalue weighted by molar-refractivity contribution is 0.435. The van der Waals surface area contributed by atoms with Crippen LogP contribution in [0.1, 0.15) is 11.1 Å². The largest absolute Gasteiger partial charge is 0.356 e. The van der Waals surface area contributed by atoms with Crippen LogP contribution in [0.4, 0.5) is 0 Å². The summed E-state index contributed by atoms with van der Waals surface area (Å²) in [6.07, 6.45) is 0. The standard InChI is InChI=1S/C17H8ClN3O/c18-15-6-3-12(10-20)7-14(15)16-8-17(22-21-16)13-4-1-11(9-19)2-5-13/h1-8H. The molecule has 0 saturated heterocycles. The van der Waals surface area contributed by atoms with Gasteiger partial charge < -0.3 is 4.52 Å². The molecule has 3 rings (SSSR count). The summed E-state index contributed by atoms with van der Waals surface area (Å²) in [7, 11) is 0. The molecule has 0 atom stereocenters. The van der Waals surface area contributed by atoms with E-state index >= 15 is 0 Å². The van der Waals surface area contributed by atoms with Crippen LogP contribution < -0.4 is 0 Å². The van der Waals surface area contributed by atoms with Crippen molar-refractivity contribution in [1.29, 1.82) is 10.5 Å². The lowest BCUT2D eigenvalue weighted by atomic mass is 10.1. The molecular weight excluding hydrogens is 298 g/mol. The third-order valence-corrected chi connectivity index (χ3v) is 3.51. The first-order valence-electron chi connectivity index (χ1n) is 6.38. The predicted molar refractivity (Wildman–Crippen MR) is 81.8 cm³/mol. The van der Waals surface area contributed by atoms with Crippen LogP contribution in [0.15, 0.2) is 53.1 Å². The van der Waals surface area contributed by atoms with E-state index in [0.717, 1.165) is 5.56 Å². The summed E-state index contributed by atoms with van der Waals surface area (Å²) in [6, 6.07) is 17.9. The highest BCUT2D eigenvalue weighted by Gasteiger charge is 2.12. The third-order valence-electron chi connectivity index (χ3n) is 3.18. The molecule has 0 saturated carbocycles. The lowest BCUT2D eigenvalue weighted by Gasteiger charge is -1.99. The maximum absolute atomic E-state index is 8.97. The zero-order valence-electron chi connectivity index (χ0n) is 11.2. The monoisotopic (exact) mass is 305 g/mol. The quantitative estimate of drug-likeness (QED) is 0.703. The molecule has 4 nitrogen and oxygen atoms in total. The van der Waals surface area contributed by atoms with Gasteiger partial charge in [-0.1, -0.05) is 16.8 Å². The third kappa shape index (κ3) is 2.56. The van der Waals surface area contributed by atoms with Crippen LogP contribution >= 0.6 is 11.6 Å². The van der Waals surface area contributed by atoms with Gasteiger partial charge in [0.2, 0.25) is 0 Å². The van der Waals surface area contributed by atoms with Crippen LogP contribution in [0.2, 0.25) is 5.02 Å². The molecule has 5 heteroatoms. The fraction of sp³-hybridized carbons (Fsp3) is 0. The van der Waals surface area contributed by atoms with Crippen molar-refractivity contribution in [2.24, 2.45) is 0 Å². The van der Waals surface area contributed by atoms with Gasteiger partial charge in [0.05, 0.1) is 28.3 Å². The van der Waals surface area contributed by atoms with Crippen molar-refractivity contribution in [2.75, 3.05) is 0 Å². The van der Waals surface area contributed by atoms with Crippen LogP contribution in [0.25, 0.3) is 22.6 Å². The molecule has 1 aromatic heterocycles. The van der Waals surface area contributed by atoms with E-state index in [1.807, 2.05) is 0 Å². The van der Waals surface area contributed by atoms with E-state index in [0.29, 0.717) is 33.2 Å². The Balaban J connectivity index is 2.00. The van der Waals surface area contributed by atoms with Crippen molar-refractivity contribution >= 4 is 11.6 Å². The fourth-order valence-corrected chi connectivity index (χ4v) is 2.25. The first kappa shape index (κ1) is 13.9. The predicted octanol–water partition coefficient (Wildman–Crippen LogP) is 4.41. The molecule has 0 bridgehead atoms. The molecule has 0 unspecified atom stereocenters. The summed E-state index contributed by atoms with van der Waals surface area (Å²) in [4.78, 5) is 0. The number of hydrogen-bond donors (Lipinski definition) is 0. The summed E-state index contributed by atoms with van der Waals surface area (Å²) >= 11 is 6.16. The highest BCUT2D eigenvalue weighted by atomic mass is 35.5.